The Hall–Kier alpha value is -3.81. The summed E-state index contributed by atoms with van der Waals surface area (Å²) >= 11 is 0. The number of benzene rings is 1. The van der Waals surface area contributed by atoms with E-state index in [0.717, 1.165) is 17.1 Å². The van der Waals surface area contributed by atoms with Gasteiger partial charge in [0, 0.05) is 43.3 Å². The molecule has 1 aliphatic rings. The molecule has 0 spiro atoms. The van der Waals surface area contributed by atoms with E-state index < -0.39 is 9.84 Å². The van der Waals surface area contributed by atoms with Crippen LogP contribution in [-0.4, -0.2) is 50.7 Å². The summed E-state index contributed by atoms with van der Waals surface area (Å²) in [6.45, 7) is 2.66. The third-order valence-electron chi connectivity index (χ3n) is 5.33. The SMILES string of the molecule is COCCOc1ccc(Cc2cc(Nc3ccccc3S(C)(=O)=O)c3c(n2)CC(C)=N3)nc1C#N. The van der Waals surface area contributed by atoms with Gasteiger partial charge in [-0.15, -0.1) is 0 Å². The third-order valence-corrected chi connectivity index (χ3v) is 6.48. The highest BCUT2D eigenvalue weighted by Crippen LogP contribution is 2.37. The number of aromatic nitrogens is 2. The molecule has 9 nitrogen and oxygen atoms in total. The van der Waals surface area contributed by atoms with Gasteiger partial charge in [-0.2, -0.15) is 5.26 Å². The molecule has 3 heterocycles. The van der Waals surface area contributed by atoms with Gasteiger partial charge in [-0.3, -0.25) is 9.98 Å². The van der Waals surface area contributed by atoms with Gasteiger partial charge in [0.2, 0.25) is 0 Å². The van der Waals surface area contributed by atoms with E-state index in [-0.39, 0.29) is 10.6 Å². The molecule has 1 N–H and O–H groups in total. The summed E-state index contributed by atoms with van der Waals surface area (Å²) in [6.07, 6.45) is 2.16. The molecule has 0 atom stereocenters. The normalized spacial score (nSPS) is 12.6. The van der Waals surface area contributed by atoms with Crippen LogP contribution in [0.5, 0.6) is 5.75 Å². The summed E-state index contributed by atoms with van der Waals surface area (Å²) in [5.41, 5.74) is 5.13. The summed E-state index contributed by atoms with van der Waals surface area (Å²) < 4.78 is 35.1. The van der Waals surface area contributed by atoms with E-state index in [2.05, 4.69) is 21.4 Å². The Morgan fingerprint density at radius 1 is 1.09 bits per heavy atom. The summed E-state index contributed by atoms with van der Waals surface area (Å²) in [4.78, 5) is 14.0. The van der Waals surface area contributed by atoms with Crippen LogP contribution in [0.15, 0.2) is 52.4 Å². The Kier molecular flexibility index (Phi) is 7.10. The average Bonchev–Trinajstić information content (AvgIpc) is 3.20. The highest BCUT2D eigenvalue weighted by Gasteiger charge is 2.21. The van der Waals surface area contributed by atoms with E-state index in [1.165, 1.54) is 6.26 Å². The van der Waals surface area contributed by atoms with Crippen molar-refractivity contribution in [3.05, 3.63) is 65.2 Å². The van der Waals surface area contributed by atoms with Crippen molar-refractivity contribution in [1.29, 1.82) is 5.26 Å². The second-order valence-electron chi connectivity index (χ2n) is 8.15. The molecule has 0 unspecified atom stereocenters. The number of anilines is 2. The lowest BCUT2D eigenvalue weighted by Gasteiger charge is -2.15. The molecule has 0 fully saturated rings. The monoisotopic (exact) mass is 491 g/mol. The first-order valence-electron chi connectivity index (χ1n) is 10.9. The quantitative estimate of drug-likeness (QED) is 0.448. The standard InChI is InChI=1S/C25H25N5O4S/c1-16-12-20-25(27-16)21(30-19-6-4-5-7-24(19)35(3,31)32)14-18(29-20)13-17-8-9-23(22(15-26)28-17)34-11-10-33-2/h4-9,14H,10-13H2,1-3H3,(H,29,30). The molecule has 35 heavy (non-hydrogen) atoms. The molecule has 0 aliphatic carbocycles. The van der Waals surface area contributed by atoms with Gasteiger partial charge in [-0.1, -0.05) is 12.1 Å². The van der Waals surface area contributed by atoms with Crippen LogP contribution in [0.2, 0.25) is 0 Å². The zero-order chi connectivity index (χ0) is 25.0. The Bertz CT molecular complexity index is 1440. The lowest BCUT2D eigenvalue weighted by molar-refractivity contribution is 0.146. The molecule has 180 valence electrons. The topological polar surface area (TPSA) is 127 Å². The van der Waals surface area contributed by atoms with Crippen molar-refractivity contribution in [2.24, 2.45) is 4.99 Å². The predicted octanol–water partition coefficient (Wildman–Crippen LogP) is 3.76. The summed E-state index contributed by atoms with van der Waals surface area (Å²) in [5, 5.41) is 12.8. The van der Waals surface area contributed by atoms with Crippen molar-refractivity contribution >= 4 is 32.6 Å². The molecule has 0 saturated heterocycles. The molecule has 2 aromatic heterocycles. The molecule has 10 heteroatoms. The first kappa shape index (κ1) is 24.3. The van der Waals surface area contributed by atoms with E-state index >= 15 is 0 Å². The van der Waals surface area contributed by atoms with Crippen LogP contribution < -0.4 is 10.1 Å². The number of nitriles is 1. The van der Waals surface area contributed by atoms with Crippen LogP contribution in [0, 0.1) is 11.3 Å². The molecular formula is C25H25N5O4S. The van der Waals surface area contributed by atoms with Gasteiger partial charge in [0.15, 0.2) is 21.3 Å². The minimum Gasteiger partial charge on any atom is -0.488 e. The molecule has 1 aromatic carbocycles. The summed E-state index contributed by atoms with van der Waals surface area (Å²) in [5.74, 6) is 0.402. The smallest absolute Gasteiger partial charge is 0.182 e. The maximum absolute atomic E-state index is 12.3. The molecule has 1 aliphatic heterocycles. The van der Waals surface area contributed by atoms with Gasteiger partial charge in [0.05, 0.1) is 28.6 Å². The number of hydrogen-bond donors (Lipinski definition) is 1. The lowest BCUT2D eigenvalue weighted by atomic mass is 10.1. The maximum Gasteiger partial charge on any atom is 0.182 e. The number of pyridine rings is 2. The first-order valence-corrected chi connectivity index (χ1v) is 12.8. The summed E-state index contributed by atoms with van der Waals surface area (Å²) in [7, 11) is -1.85. The second kappa shape index (κ2) is 10.2. The lowest BCUT2D eigenvalue weighted by Crippen LogP contribution is -2.07. The number of hydrogen-bond acceptors (Lipinski definition) is 9. The first-order chi connectivity index (χ1) is 16.8. The molecule has 4 rings (SSSR count). The van der Waals surface area contributed by atoms with Crippen LogP contribution in [0.3, 0.4) is 0 Å². The fraction of sp³-hybridized carbons (Fsp3) is 0.280. The number of rotatable bonds is 9. The van der Waals surface area contributed by atoms with Gasteiger partial charge < -0.3 is 14.8 Å². The van der Waals surface area contributed by atoms with Crippen molar-refractivity contribution in [3.8, 4) is 11.8 Å². The molecule has 0 bridgehead atoms. The third kappa shape index (κ3) is 5.65. The summed E-state index contributed by atoms with van der Waals surface area (Å²) in [6, 6.07) is 14.2. The van der Waals surface area contributed by atoms with Crippen molar-refractivity contribution in [3.63, 3.8) is 0 Å². The van der Waals surface area contributed by atoms with E-state index in [9.17, 15) is 13.7 Å². The number of nitrogens with zero attached hydrogens (tertiary/aromatic N) is 4. The zero-order valence-corrected chi connectivity index (χ0v) is 20.5. The Morgan fingerprint density at radius 3 is 2.63 bits per heavy atom. The number of fused-ring (bicyclic) bond motifs is 1. The average molecular weight is 492 g/mol. The van der Waals surface area contributed by atoms with Gasteiger partial charge in [-0.05, 0) is 37.3 Å². The number of methoxy groups -OCH3 is 1. The number of nitrogens with one attached hydrogen (secondary N) is 1. The Balaban J connectivity index is 1.66. The highest BCUT2D eigenvalue weighted by atomic mass is 32.2. The van der Waals surface area contributed by atoms with Crippen LogP contribution in [0.25, 0.3) is 0 Å². The van der Waals surface area contributed by atoms with E-state index in [4.69, 9.17) is 14.5 Å². The Labute approximate surface area is 204 Å². The predicted molar refractivity (Wildman–Crippen MR) is 133 cm³/mol. The largest absolute Gasteiger partial charge is 0.488 e. The fourth-order valence-electron chi connectivity index (χ4n) is 3.80. The van der Waals surface area contributed by atoms with E-state index in [1.54, 1.807) is 43.5 Å². The van der Waals surface area contributed by atoms with Crippen molar-refractivity contribution in [1.82, 2.24) is 9.97 Å². The van der Waals surface area contributed by atoms with Crippen molar-refractivity contribution < 1.29 is 17.9 Å². The Morgan fingerprint density at radius 2 is 1.89 bits per heavy atom. The van der Waals surface area contributed by atoms with Crippen LogP contribution in [0.1, 0.15) is 29.7 Å². The van der Waals surface area contributed by atoms with Crippen LogP contribution in [0.4, 0.5) is 17.1 Å². The van der Waals surface area contributed by atoms with Crippen LogP contribution in [-0.2, 0) is 27.4 Å². The maximum atomic E-state index is 12.3. The van der Waals surface area contributed by atoms with Gasteiger partial charge in [0.25, 0.3) is 0 Å². The van der Waals surface area contributed by atoms with Crippen molar-refractivity contribution in [2.45, 2.75) is 24.7 Å². The van der Waals surface area contributed by atoms with Crippen molar-refractivity contribution in [2.75, 3.05) is 31.9 Å². The minimum atomic E-state index is -3.43. The molecule has 0 radical (unpaired) electrons. The molecular weight excluding hydrogens is 466 g/mol. The number of ether oxygens (including phenoxy) is 2. The molecule has 0 saturated carbocycles. The van der Waals surface area contributed by atoms with E-state index in [1.807, 2.05) is 13.0 Å². The highest BCUT2D eigenvalue weighted by molar-refractivity contribution is 7.90. The molecule has 0 amide bonds. The second-order valence-corrected chi connectivity index (χ2v) is 10.1. The number of para-hydroxylation sites is 1. The van der Waals surface area contributed by atoms with Crippen LogP contribution >= 0.6 is 0 Å². The fourth-order valence-corrected chi connectivity index (χ4v) is 4.64. The number of sulfone groups is 1. The van der Waals surface area contributed by atoms with E-state index in [0.29, 0.717) is 54.6 Å². The van der Waals surface area contributed by atoms with Gasteiger partial charge in [0.1, 0.15) is 18.4 Å². The van der Waals surface area contributed by atoms with Gasteiger partial charge in [-0.25, -0.2) is 13.4 Å². The van der Waals surface area contributed by atoms with Gasteiger partial charge >= 0.3 is 0 Å². The zero-order valence-electron chi connectivity index (χ0n) is 19.7. The number of aliphatic imine (C=N–C) groups is 1. The minimum absolute atomic E-state index is 0.194. The molecule has 3 aromatic rings.